The normalized spacial score (nSPS) is 15.4. The Morgan fingerprint density at radius 1 is 1.35 bits per heavy atom. The van der Waals surface area contributed by atoms with Crippen LogP contribution in [0.1, 0.15) is 5.56 Å². The summed E-state index contributed by atoms with van der Waals surface area (Å²) in [4.78, 5) is 10.7. The van der Waals surface area contributed by atoms with Crippen LogP contribution in [0.15, 0.2) is 22.7 Å². The molecule has 1 aromatic carbocycles. The van der Waals surface area contributed by atoms with E-state index < -0.39 is 29.1 Å². The van der Waals surface area contributed by atoms with Crippen molar-refractivity contribution < 1.29 is 27.5 Å². The van der Waals surface area contributed by atoms with Gasteiger partial charge in [-0.1, -0.05) is 15.9 Å². The maximum absolute atomic E-state index is 13.3. The lowest BCUT2D eigenvalue weighted by Crippen LogP contribution is -2.57. The van der Waals surface area contributed by atoms with Gasteiger partial charge in [-0.25, -0.2) is 9.18 Å². The van der Waals surface area contributed by atoms with Crippen molar-refractivity contribution in [2.75, 3.05) is 0 Å². The number of rotatable bonds is 2. The zero-order valence-corrected chi connectivity index (χ0v) is 9.64. The summed E-state index contributed by atoms with van der Waals surface area (Å²) in [5.74, 6) is -3.71. The summed E-state index contributed by atoms with van der Waals surface area (Å²) in [7, 11) is 0. The molecule has 0 amide bonds. The topological polar surface area (TPSA) is 63.3 Å². The molecule has 94 valence electrons. The first-order valence-corrected chi connectivity index (χ1v) is 4.94. The van der Waals surface area contributed by atoms with Crippen LogP contribution in [0.4, 0.5) is 17.6 Å². The van der Waals surface area contributed by atoms with Crippen LogP contribution in [0.2, 0.25) is 0 Å². The van der Waals surface area contributed by atoms with E-state index in [4.69, 9.17) is 10.8 Å². The molecule has 0 aliphatic heterocycles. The molecule has 0 spiro atoms. The molecule has 1 aromatic rings. The molecule has 0 heterocycles. The van der Waals surface area contributed by atoms with Crippen molar-refractivity contribution in [1.29, 1.82) is 0 Å². The molecule has 1 atom stereocenters. The summed E-state index contributed by atoms with van der Waals surface area (Å²) in [5, 5.41) is 8.61. The number of carboxylic acid groups (broad SMARTS) is 1. The van der Waals surface area contributed by atoms with Crippen molar-refractivity contribution in [3.8, 4) is 0 Å². The largest absolute Gasteiger partial charge is 0.479 e. The molecular formula is C9H6BrF4NO2. The summed E-state index contributed by atoms with van der Waals surface area (Å²) in [6, 6.07) is 2.53. The van der Waals surface area contributed by atoms with Crippen molar-refractivity contribution in [3.05, 3.63) is 34.1 Å². The van der Waals surface area contributed by atoms with Crippen molar-refractivity contribution in [2.45, 2.75) is 11.7 Å². The molecule has 0 radical (unpaired) electrons. The number of benzene rings is 1. The second-order valence-electron chi connectivity index (χ2n) is 3.24. The summed E-state index contributed by atoms with van der Waals surface area (Å²) < 4.78 is 51.4. The zero-order valence-electron chi connectivity index (χ0n) is 8.05. The minimum absolute atomic E-state index is 0.0919. The van der Waals surface area contributed by atoms with Crippen molar-refractivity contribution in [1.82, 2.24) is 0 Å². The average molecular weight is 316 g/mol. The first-order chi connectivity index (χ1) is 7.60. The van der Waals surface area contributed by atoms with Gasteiger partial charge in [0.05, 0.1) is 0 Å². The fourth-order valence-electron chi connectivity index (χ4n) is 1.19. The molecule has 0 aromatic heterocycles. The van der Waals surface area contributed by atoms with Crippen molar-refractivity contribution >= 4 is 21.9 Å². The van der Waals surface area contributed by atoms with E-state index in [2.05, 4.69) is 15.9 Å². The van der Waals surface area contributed by atoms with Crippen LogP contribution in [-0.4, -0.2) is 17.3 Å². The van der Waals surface area contributed by atoms with Crippen LogP contribution in [0, 0.1) is 5.82 Å². The van der Waals surface area contributed by atoms with E-state index in [0.717, 1.165) is 6.07 Å². The van der Waals surface area contributed by atoms with Gasteiger partial charge in [0.25, 0.3) is 0 Å². The lowest BCUT2D eigenvalue weighted by Gasteiger charge is -2.28. The van der Waals surface area contributed by atoms with E-state index in [0.29, 0.717) is 12.1 Å². The Balaban J connectivity index is 3.54. The predicted molar refractivity (Wildman–Crippen MR) is 53.7 cm³/mol. The number of alkyl halides is 3. The summed E-state index contributed by atoms with van der Waals surface area (Å²) in [5.41, 5.74) is -0.0998. The predicted octanol–water partition coefficient (Wildman–Crippen LogP) is 2.39. The highest BCUT2D eigenvalue weighted by Crippen LogP contribution is 2.39. The number of hydrogen-bond acceptors (Lipinski definition) is 2. The molecule has 0 aliphatic carbocycles. The minimum atomic E-state index is -5.32. The lowest BCUT2D eigenvalue weighted by atomic mass is 9.90. The second-order valence-corrected chi connectivity index (χ2v) is 4.15. The monoisotopic (exact) mass is 315 g/mol. The Bertz CT molecular complexity index is 463. The van der Waals surface area contributed by atoms with Gasteiger partial charge < -0.3 is 10.8 Å². The third kappa shape index (κ3) is 2.27. The van der Waals surface area contributed by atoms with E-state index in [9.17, 15) is 22.4 Å². The number of halogens is 5. The lowest BCUT2D eigenvalue weighted by molar-refractivity contribution is -0.205. The number of carbonyl (C=O) groups is 1. The molecule has 1 unspecified atom stereocenters. The fourth-order valence-corrected chi connectivity index (χ4v) is 1.55. The van der Waals surface area contributed by atoms with Crippen LogP contribution >= 0.6 is 15.9 Å². The highest BCUT2D eigenvalue weighted by atomic mass is 79.9. The maximum atomic E-state index is 13.3. The number of hydrogen-bond donors (Lipinski definition) is 2. The Kier molecular flexibility index (Phi) is 3.49. The van der Waals surface area contributed by atoms with Gasteiger partial charge in [0.2, 0.25) is 5.54 Å². The number of aliphatic carboxylic acids is 1. The highest BCUT2D eigenvalue weighted by molar-refractivity contribution is 9.10. The third-order valence-corrected chi connectivity index (χ3v) is 2.63. The van der Waals surface area contributed by atoms with Crippen LogP contribution < -0.4 is 5.73 Å². The van der Waals surface area contributed by atoms with Gasteiger partial charge in [-0.2, -0.15) is 13.2 Å². The van der Waals surface area contributed by atoms with Gasteiger partial charge in [-0.05, 0) is 18.2 Å². The molecule has 0 bridgehead atoms. The third-order valence-electron chi connectivity index (χ3n) is 2.14. The van der Waals surface area contributed by atoms with Crippen molar-refractivity contribution in [2.24, 2.45) is 5.73 Å². The standard InChI is InChI=1S/C9H6BrF4NO2/c10-4-1-2-6(11)5(3-4)8(15,7(16)17)9(12,13)14/h1-3H,15H2,(H,16,17). The van der Waals surface area contributed by atoms with Crippen molar-refractivity contribution in [3.63, 3.8) is 0 Å². The van der Waals surface area contributed by atoms with Gasteiger partial charge in [0.1, 0.15) is 5.82 Å². The average Bonchev–Trinajstić information content (AvgIpc) is 2.18. The van der Waals surface area contributed by atoms with E-state index in [-0.39, 0.29) is 4.47 Å². The van der Waals surface area contributed by atoms with Crippen LogP contribution in [0.5, 0.6) is 0 Å². The second kappa shape index (κ2) is 4.26. The molecular weight excluding hydrogens is 310 g/mol. The van der Waals surface area contributed by atoms with E-state index >= 15 is 0 Å². The minimum Gasteiger partial charge on any atom is -0.479 e. The van der Waals surface area contributed by atoms with Gasteiger partial charge in [-0.15, -0.1) is 0 Å². The molecule has 3 nitrogen and oxygen atoms in total. The van der Waals surface area contributed by atoms with Gasteiger partial charge >= 0.3 is 12.1 Å². The van der Waals surface area contributed by atoms with Crippen LogP contribution in [-0.2, 0) is 10.3 Å². The smallest absolute Gasteiger partial charge is 0.421 e. The number of nitrogens with two attached hydrogens (primary N) is 1. The summed E-state index contributed by atoms with van der Waals surface area (Å²) >= 11 is 2.82. The van der Waals surface area contributed by atoms with Gasteiger partial charge in [0, 0.05) is 10.0 Å². The number of carboxylic acids is 1. The molecule has 17 heavy (non-hydrogen) atoms. The quantitative estimate of drug-likeness (QED) is 0.824. The Morgan fingerprint density at radius 3 is 2.29 bits per heavy atom. The fraction of sp³-hybridized carbons (Fsp3) is 0.222. The van der Waals surface area contributed by atoms with E-state index in [1.54, 1.807) is 0 Å². The van der Waals surface area contributed by atoms with E-state index in [1.165, 1.54) is 0 Å². The maximum Gasteiger partial charge on any atom is 0.421 e. The van der Waals surface area contributed by atoms with Crippen LogP contribution in [0.25, 0.3) is 0 Å². The summed E-state index contributed by atoms with van der Waals surface area (Å²) in [6.07, 6.45) is -5.32. The Hall–Kier alpha value is -1.15. The Morgan fingerprint density at radius 2 is 1.88 bits per heavy atom. The van der Waals surface area contributed by atoms with Gasteiger partial charge in [0.15, 0.2) is 0 Å². The molecule has 0 saturated carbocycles. The molecule has 8 heteroatoms. The van der Waals surface area contributed by atoms with Crippen LogP contribution in [0.3, 0.4) is 0 Å². The Labute approximate surface area is 101 Å². The molecule has 0 saturated heterocycles. The highest BCUT2D eigenvalue weighted by Gasteiger charge is 2.60. The van der Waals surface area contributed by atoms with Gasteiger partial charge in [-0.3, -0.25) is 0 Å². The first kappa shape index (κ1) is 13.9. The SMILES string of the molecule is NC(C(=O)O)(c1cc(Br)ccc1F)C(F)(F)F. The van der Waals surface area contributed by atoms with E-state index in [1.807, 2.05) is 0 Å². The molecule has 0 aliphatic rings. The molecule has 3 N–H and O–H groups in total. The first-order valence-electron chi connectivity index (χ1n) is 4.15. The summed E-state index contributed by atoms with van der Waals surface area (Å²) in [6.45, 7) is 0. The molecule has 0 fully saturated rings. The zero-order chi connectivity index (χ0) is 13.4. The molecule has 1 rings (SSSR count).